The number of amides is 1. The first-order valence-corrected chi connectivity index (χ1v) is 9.31. The Morgan fingerprint density at radius 1 is 0.909 bits per heavy atom. The summed E-state index contributed by atoms with van der Waals surface area (Å²) in [6, 6.07) is 14.5. The number of halogens is 5. The molecule has 0 unspecified atom stereocenters. The van der Waals surface area contributed by atoms with Gasteiger partial charge in [-0.1, -0.05) is 47.5 Å². The maximum absolute atomic E-state index is 13.4. The molecule has 2 N–H and O–H groups in total. The van der Waals surface area contributed by atoms with Gasteiger partial charge in [-0.25, -0.2) is 18.7 Å². The second-order valence-corrected chi connectivity index (χ2v) is 6.73. The van der Waals surface area contributed by atoms with Crippen LogP contribution in [-0.4, -0.2) is 11.1 Å². The largest absolute Gasteiger partial charge is 2.00 e. The predicted molar refractivity (Wildman–Crippen MR) is 107 cm³/mol. The summed E-state index contributed by atoms with van der Waals surface area (Å²) in [6.45, 7) is 2.72. The fraction of sp³-hybridized carbons (Fsp3) is 0.174. The molecule has 0 bridgehead atoms. The van der Waals surface area contributed by atoms with Gasteiger partial charge in [0.2, 0.25) is 5.91 Å². The standard InChI is InChI=1S/C17H18FN2O2.C6HF4.Os/c1-12-2-3-15(8-16(12)18)11-19-10-14-6-4-13(5-7-14)9-17(21)20-22;7-3-1-2-4(8)6(10)5(3)9;/h2-8,22H,9-11H2,1H3,(H,20,21);1H;/q2*-1;+2. The van der Waals surface area contributed by atoms with Gasteiger partial charge in [-0.15, -0.1) is 25.2 Å². The van der Waals surface area contributed by atoms with Crippen molar-refractivity contribution in [3.8, 4) is 0 Å². The smallest absolute Gasteiger partial charge is 0.655 e. The van der Waals surface area contributed by atoms with E-state index in [0.29, 0.717) is 24.7 Å². The number of hydrogen-bond acceptors (Lipinski definition) is 2. The molecule has 0 saturated carbocycles. The molecular weight excluding hydrogens is 621 g/mol. The molecule has 176 valence electrons. The molecule has 0 fully saturated rings. The van der Waals surface area contributed by atoms with E-state index in [1.807, 2.05) is 30.3 Å². The number of nitrogens with one attached hydrogen (secondary N) is 1. The zero-order chi connectivity index (χ0) is 23.7. The van der Waals surface area contributed by atoms with E-state index in [2.05, 4.69) is 5.32 Å². The minimum Gasteiger partial charge on any atom is -0.655 e. The number of hydrogen-bond donors (Lipinski definition) is 2. The second-order valence-electron chi connectivity index (χ2n) is 6.73. The molecule has 0 aliphatic carbocycles. The van der Waals surface area contributed by atoms with E-state index >= 15 is 0 Å². The van der Waals surface area contributed by atoms with Crippen molar-refractivity contribution in [1.29, 1.82) is 0 Å². The summed E-state index contributed by atoms with van der Waals surface area (Å²) in [6.07, 6.45) is 0.135. The Kier molecular flexibility index (Phi) is 11.9. The van der Waals surface area contributed by atoms with Gasteiger partial charge in [0.15, 0.2) is 0 Å². The molecule has 0 saturated heterocycles. The molecule has 33 heavy (non-hydrogen) atoms. The van der Waals surface area contributed by atoms with Gasteiger partial charge in [-0.3, -0.25) is 18.8 Å². The predicted octanol–water partition coefficient (Wildman–Crippen LogP) is 5.30. The number of carbonyl (C=O) groups is 1. The van der Waals surface area contributed by atoms with E-state index in [1.165, 1.54) is 6.07 Å². The monoisotopic (exact) mass is 642 g/mol. The number of hydroxylamine groups is 1. The summed E-state index contributed by atoms with van der Waals surface area (Å²) in [5.74, 6) is -7.26. The number of carbonyl (C=O) groups excluding carboxylic acids is 1. The third kappa shape index (κ3) is 9.01. The molecule has 0 aliphatic rings. The van der Waals surface area contributed by atoms with Crippen LogP contribution in [0.2, 0.25) is 0 Å². The third-order valence-corrected chi connectivity index (χ3v) is 4.26. The van der Waals surface area contributed by atoms with E-state index in [1.54, 1.807) is 24.5 Å². The van der Waals surface area contributed by atoms with Gasteiger partial charge in [0.1, 0.15) is 5.82 Å². The van der Waals surface area contributed by atoms with Gasteiger partial charge in [0, 0.05) is 11.6 Å². The van der Waals surface area contributed by atoms with Crippen LogP contribution >= 0.6 is 0 Å². The molecule has 0 aliphatic heterocycles. The van der Waals surface area contributed by atoms with E-state index in [0.717, 1.165) is 16.7 Å². The van der Waals surface area contributed by atoms with Gasteiger partial charge in [0.25, 0.3) is 0 Å². The minimum atomic E-state index is -1.83. The van der Waals surface area contributed by atoms with Crippen LogP contribution in [0.4, 0.5) is 22.0 Å². The Labute approximate surface area is 200 Å². The van der Waals surface area contributed by atoms with Crippen LogP contribution in [0.25, 0.3) is 5.32 Å². The molecule has 4 nitrogen and oxygen atoms in total. The average Bonchev–Trinajstić information content (AvgIpc) is 2.79. The van der Waals surface area contributed by atoms with Crippen LogP contribution in [-0.2, 0) is 44.1 Å². The Bertz CT molecular complexity index is 1040. The number of rotatable bonds is 6. The number of benzene rings is 3. The summed E-state index contributed by atoms with van der Waals surface area (Å²) in [4.78, 5) is 11.0. The zero-order valence-corrected chi connectivity index (χ0v) is 19.8. The summed E-state index contributed by atoms with van der Waals surface area (Å²) < 4.78 is 61.2. The third-order valence-electron chi connectivity index (χ3n) is 4.26. The van der Waals surface area contributed by atoms with Crippen molar-refractivity contribution in [2.24, 2.45) is 0 Å². The van der Waals surface area contributed by atoms with Crippen molar-refractivity contribution in [2.45, 2.75) is 26.4 Å². The Balaban J connectivity index is 0.000000417. The molecule has 0 aromatic heterocycles. The molecule has 0 radical (unpaired) electrons. The van der Waals surface area contributed by atoms with E-state index < -0.39 is 29.2 Å². The van der Waals surface area contributed by atoms with E-state index in [-0.39, 0.29) is 32.0 Å². The molecule has 10 heteroatoms. The van der Waals surface area contributed by atoms with Crippen LogP contribution < -0.4 is 5.48 Å². The molecule has 0 spiro atoms. The fourth-order valence-electron chi connectivity index (χ4n) is 2.49. The van der Waals surface area contributed by atoms with Crippen molar-refractivity contribution in [1.82, 2.24) is 5.48 Å². The molecular formula is C23H19F5N2O2Os. The Hall–Kier alpha value is -2.66. The van der Waals surface area contributed by atoms with Crippen LogP contribution in [0.15, 0.2) is 48.5 Å². The van der Waals surface area contributed by atoms with Crippen LogP contribution in [0.5, 0.6) is 0 Å². The van der Waals surface area contributed by atoms with Crippen molar-refractivity contribution >= 4 is 5.91 Å². The van der Waals surface area contributed by atoms with Gasteiger partial charge < -0.3 is 5.32 Å². The van der Waals surface area contributed by atoms with Gasteiger partial charge in [0.05, 0.1) is 18.1 Å². The van der Waals surface area contributed by atoms with Gasteiger partial charge in [-0.2, -0.15) is 0 Å². The van der Waals surface area contributed by atoms with Gasteiger partial charge >= 0.3 is 19.8 Å². The molecule has 1 amide bonds. The average molecular weight is 641 g/mol. The summed E-state index contributed by atoms with van der Waals surface area (Å²) in [5.41, 5.74) is 4.91. The normalized spacial score (nSPS) is 10.0. The first-order valence-electron chi connectivity index (χ1n) is 9.31. The van der Waals surface area contributed by atoms with Crippen LogP contribution in [0.3, 0.4) is 0 Å². The molecule has 3 aromatic rings. The SMILES string of the molecule is Cc1ccc(C[N-]Cc2ccc(CC(=O)NO)cc2)cc1F.Fc1[c-]cc(F)c(F)c1F.[Os+2]. The second kappa shape index (κ2) is 13.8. The van der Waals surface area contributed by atoms with Crippen molar-refractivity contribution < 1.29 is 51.7 Å². The van der Waals surface area contributed by atoms with Crippen molar-refractivity contribution in [3.63, 3.8) is 0 Å². The molecule has 0 heterocycles. The number of nitrogens with zero attached hydrogens (tertiary/aromatic N) is 1. The summed E-state index contributed by atoms with van der Waals surface area (Å²) in [7, 11) is 0. The molecule has 3 rings (SSSR count). The quantitative estimate of drug-likeness (QED) is 0.0961. The molecule has 0 atom stereocenters. The fourth-order valence-corrected chi connectivity index (χ4v) is 2.49. The first-order chi connectivity index (χ1) is 15.2. The van der Waals surface area contributed by atoms with E-state index in [9.17, 15) is 26.7 Å². The van der Waals surface area contributed by atoms with E-state index in [4.69, 9.17) is 5.21 Å². The zero-order valence-electron chi connectivity index (χ0n) is 17.3. The number of aryl methyl sites for hydroxylation is 1. The maximum Gasteiger partial charge on any atom is 2.00 e. The van der Waals surface area contributed by atoms with Gasteiger partial charge in [-0.05, 0) is 24.1 Å². The minimum absolute atomic E-state index is 0. The van der Waals surface area contributed by atoms with Crippen molar-refractivity contribution in [3.05, 3.63) is 111 Å². The summed E-state index contributed by atoms with van der Waals surface area (Å²) >= 11 is 0. The molecule has 3 aromatic carbocycles. The van der Waals surface area contributed by atoms with Crippen molar-refractivity contribution in [2.75, 3.05) is 0 Å². The topological polar surface area (TPSA) is 63.4 Å². The maximum atomic E-state index is 13.4. The Morgan fingerprint density at radius 2 is 1.48 bits per heavy atom. The summed E-state index contributed by atoms with van der Waals surface area (Å²) in [5, 5.41) is 12.9. The van der Waals surface area contributed by atoms with Crippen LogP contribution in [0, 0.1) is 42.1 Å². The van der Waals surface area contributed by atoms with Crippen LogP contribution in [0.1, 0.15) is 22.3 Å². The first kappa shape index (κ1) is 28.4. The Morgan fingerprint density at radius 3 is 2.06 bits per heavy atom.